The topological polar surface area (TPSA) is 51.4 Å². The van der Waals surface area contributed by atoms with Crippen LogP contribution in [0.25, 0.3) is 0 Å². The molecule has 2 aliphatic heterocycles. The molecule has 2 aliphatic rings. The van der Waals surface area contributed by atoms with E-state index in [9.17, 15) is 4.79 Å². The molecule has 3 heterocycles. The van der Waals surface area contributed by atoms with Crippen molar-refractivity contribution in [3.63, 3.8) is 0 Å². The lowest BCUT2D eigenvalue weighted by Gasteiger charge is -2.30. The summed E-state index contributed by atoms with van der Waals surface area (Å²) in [5.41, 5.74) is 0.786. The van der Waals surface area contributed by atoms with E-state index < -0.39 is 0 Å². The van der Waals surface area contributed by atoms with Crippen molar-refractivity contribution < 1.29 is 4.90 Å². The fourth-order valence-electron chi connectivity index (χ4n) is 2.72. The van der Waals surface area contributed by atoms with Gasteiger partial charge in [-0.15, -0.1) is 0 Å². The molecule has 0 aliphatic carbocycles. The summed E-state index contributed by atoms with van der Waals surface area (Å²) >= 11 is 1.69. The van der Waals surface area contributed by atoms with Crippen molar-refractivity contribution in [1.82, 2.24) is 9.55 Å². The van der Waals surface area contributed by atoms with Crippen LogP contribution in [-0.4, -0.2) is 27.0 Å². The highest BCUT2D eigenvalue weighted by Crippen LogP contribution is 2.41. The van der Waals surface area contributed by atoms with E-state index in [0.29, 0.717) is 6.04 Å². The number of anilines is 1. The molecule has 0 radical (unpaired) electrons. The summed E-state index contributed by atoms with van der Waals surface area (Å²) in [6, 6.07) is 0.504. The Kier molecular flexibility index (Phi) is 2.90. The second kappa shape index (κ2) is 4.24. The first kappa shape index (κ1) is 13.0. The first-order valence-corrected chi connectivity index (χ1v) is 7.60. The van der Waals surface area contributed by atoms with Gasteiger partial charge in [-0.05, 0) is 27.7 Å². The van der Waals surface area contributed by atoms with Gasteiger partial charge >= 0.3 is 0 Å². The summed E-state index contributed by atoms with van der Waals surface area (Å²) in [7, 11) is 0. The minimum atomic E-state index is -0.0585. The first-order chi connectivity index (χ1) is 8.87. The van der Waals surface area contributed by atoms with Crippen molar-refractivity contribution >= 4 is 17.6 Å². The van der Waals surface area contributed by atoms with E-state index in [2.05, 4.69) is 42.6 Å². The van der Waals surface area contributed by atoms with Crippen LogP contribution in [0.4, 0.5) is 5.82 Å². The number of nitrogens with one attached hydrogen (secondary N) is 2. The number of aromatic nitrogens is 2. The number of nitrogens with zero attached hydrogens (tertiary/aromatic N) is 2. The Balaban J connectivity index is 2.06. The molecule has 0 spiro atoms. The van der Waals surface area contributed by atoms with Crippen LogP contribution >= 0.6 is 11.8 Å². The quantitative estimate of drug-likeness (QED) is 0.727. The van der Waals surface area contributed by atoms with Crippen LogP contribution in [0.3, 0.4) is 0 Å². The predicted octanol–water partition coefficient (Wildman–Crippen LogP) is 0.304. The van der Waals surface area contributed by atoms with Crippen LogP contribution in [0.1, 0.15) is 33.3 Å². The van der Waals surface area contributed by atoms with E-state index in [1.807, 2.05) is 0 Å². The maximum Gasteiger partial charge on any atom is 0.284 e. The van der Waals surface area contributed by atoms with Gasteiger partial charge in [0.25, 0.3) is 5.56 Å². The SMILES string of the molecule is CC(C)[NH+]1CNc2c(c(=O)nc3n2CC(C)(C)S3)C1. The van der Waals surface area contributed by atoms with Crippen LogP contribution in [0, 0.1) is 0 Å². The van der Waals surface area contributed by atoms with Gasteiger partial charge in [-0.25, -0.2) is 0 Å². The molecule has 1 unspecified atom stereocenters. The van der Waals surface area contributed by atoms with Crippen LogP contribution in [0.2, 0.25) is 0 Å². The van der Waals surface area contributed by atoms with Crippen LogP contribution in [0.15, 0.2) is 9.95 Å². The van der Waals surface area contributed by atoms with Crippen molar-refractivity contribution in [1.29, 1.82) is 0 Å². The summed E-state index contributed by atoms with van der Waals surface area (Å²) in [5, 5.41) is 4.30. The number of quaternary nitrogens is 1. The molecule has 1 aromatic rings. The van der Waals surface area contributed by atoms with Gasteiger partial charge in [0, 0.05) is 11.3 Å². The summed E-state index contributed by atoms with van der Waals surface area (Å²) in [4.78, 5) is 17.9. The predicted molar refractivity (Wildman–Crippen MR) is 76.7 cm³/mol. The van der Waals surface area contributed by atoms with E-state index in [4.69, 9.17) is 0 Å². The maximum atomic E-state index is 12.2. The van der Waals surface area contributed by atoms with Crippen molar-refractivity contribution in [2.24, 2.45) is 0 Å². The molecule has 2 N–H and O–H groups in total. The molecular weight excluding hydrogens is 260 g/mol. The van der Waals surface area contributed by atoms with Gasteiger partial charge in [-0.1, -0.05) is 11.8 Å². The summed E-state index contributed by atoms with van der Waals surface area (Å²) in [6.45, 7) is 11.3. The zero-order valence-corrected chi connectivity index (χ0v) is 12.7. The number of rotatable bonds is 1. The number of thioether (sulfide) groups is 1. The highest BCUT2D eigenvalue weighted by atomic mass is 32.2. The highest BCUT2D eigenvalue weighted by molar-refractivity contribution is 8.00. The summed E-state index contributed by atoms with van der Waals surface area (Å²) in [5.74, 6) is 0.998. The monoisotopic (exact) mass is 281 g/mol. The number of hydrogen-bond donors (Lipinski definition) is 2. The molecule has 0 saturated carbocycles. The van der Waals surface area contributed by atoms with Crippen molar-refractivity contribution in [3.8, 4) is 0 Å². The fraction of sp³-hybridized carbons (Fsp3) is 0.692. The zero-order valence-electron chi connectivity index (χ0n) is 11.9. The molecule has 0 saturated heterocycles. The van der Waals surface area contributed by atoms with Gasteiger partial charge in [0.2, 0.25) is 0 Å². The third-order valence-electron chi connectivity index (χ3n) is 3.85. The van der Waals surface area contributed by atoms with Gasteiger partial charge < -0.3 is 14.8 Å². The Labute approximate surface area is 117 Å². The van der Waals surface area contributed by atoms with E-state index in [1.165, 1.54) is 4.90 Å². The lowest BCUT2D eigenvalue weighted by atomic mass is 10.1. The molecule has 0 bridgehead atoms. The second-order valence-corrected chi connectivity index (χ2v) is 7.99. The smallest absolute Gasteiger partial charge is 0.284 e. The van der Waals surface area contributed by atoms with Crippen LogP contribution in [-0.2, 0) is 13.1 Å². The molecule has 6 heteroatoms. The molecule has 0 fully saturated rings. The lowest BCUT2D eigenvalue weighted by Crippen LogP contribution is -3.15. The van der Waals surface area contributed by atoms with E-state index in [0.717, 1.165) is 36.3 Å². The van der Waals surface area contributed by atoms with Gasteiger partial charge in [-0.2, -0.15) is 4.98 Å². The molecular formula is C13H21N4OS+. The Bertz CT molecular complexity index is 579. The van der Waals surface area contributed by atoms with Crippen molar-refractivity contribution in [3.05, 3.63) is 15.9 Å². The molecule has 3 rings (SSSR count). The Morgan fingerprint density at radius 2 is 2.21 bits per heavy atom. The fourth-order valence-corrected chi connectivity index (χ4v) is 3.80. The Hall–Kier alpha value is -1.01. The van der Waals surface area contributed by atoms with Crippen LogP contribution < -0.4 is 15.8 Å². The Morgan fingerprint density at radius 3 is 2.89 bits per heavy atom. The Morgan fingerprint density at radius 1 is 1.47 bits per heavy atom. The van der Waals surface area contributed by atoms with Gasteiger partial charge in [-0.3, -0.25) is 4.79 Å². The van der Waals surface area contributed by atoms with E-state index >= 15 is 0 Å². The van der Waals surface area contributed by atoms with E-state index in [1.54, 1.807) is 11.8 Å². The molecule has 5 nitrogen and oxygen atoms in total. The minimum absolute atomic E-state index is 0.0585. The standard InChI is InChI=1S/C13H20N4OS/c1-8(2)16-5-9-10(14-7-16)17-6-13(3,4)19-12(17)15-11(9)18/h8,14H,5-7H2,1-4H3/p+1. The average Bonchev–Trinajstić information content (AvgIpc) is 2.63. The molecule has 0 aromatic carbocycles. The average molecular weight is 281 g/mol. The third-order valence-corrected chi connectivity index (χ3v) is 5.03. The lowest BCUT2D eigenvalue weighted by molar-refractivity contribution is -0.933. The minimum Gasteiger partial charge on any atom is -0.324 e. The normalized spacial score (nSPS) is 23.9. The molecule has 19 heavy (non-hydrogen) atoms. The van der Waals surface area contributed by atoms with E-state index in [-0.39, 0.29) is 10.3 Å². The molecule has 1 atom stereocenters. The van der Waals surface area contributed by atoms with Crippen molar-refractivity contribution in [2.75, 3.05) is 12.0 Å². The zero-order chi connectivity index (χ0) is 13.8. The van der Waals surface area contributed by atoms with Gasteiger partial charge in [0.1, 0.15) is 17.9 Å². The molecule has 1 aromatic heterocycles. The van der Waals surface area contributed by atoms with Crippen LogP contribution in [0.5, 0.6) is 0 Å². The maximum absolute atomic E-state index is 12.2. The largest absolute Gasteiger partial charge is 0.324 e. The second-order valence-electron chi connectivity index (χ2n) is 6.32. The number of hydrogen-bond acceptors (Lipinski definition) is 4. The van der Waals surface area contributed by atoms with Gasteiger partial charge in [0.15, 0.2) is 11.8 Å². The molecule has 104 valence electrons. The third kappa shape index (κ3) is 2.17. The summed E-state index contributed by atoms with van der Waals surface area (Å²) < 4.78 is 2.30. The number of fused-ring (bicyclic) bond motifs is 3. The summed E-state index contributed by atoms with van der Waals surface area (Å²) in [6.07, 6.45) is 0. The molecule has 0 amide bonds. The van der Waals surface area contributed by atoms with Gasteiger partial charge in [0.05, 0.1) is 6.04 Å². The first-order valence-electron chi connectivity index (χ1n) is 6.78. The van der Waals surface area contributed by atoms with Crippen molar-refractivity contribution in [2.45, 2.75) is 56.7 Å². The highest BCUT2D eigenvalue weighted by Gasteiger charge is 2.35.